The van der Waals surface area contributed by atoms with Gasteiger partial charge in [0.05, 0.1) is 36.4 Å². The minimum absolute atomic E-state index is 0.00902. The summed E-state index contributed by atoms with van der Waals surface area (Å²) >= 11 is 0. The van der Waals surface area contributed by atoms with E-state index in [9.17, 15) is 26.4 Å². The lowest BCUT2D eigenvalue weighted by atomic mass is 9.94. The quantitative estimate of drug-likeness (QED) is 0.656. The zero-order chi connectivity index (χ0) is 24.9. The van der Waals surface area contributed by atoms with Gasteiger partial charge in [0.2, 0.25) is 5.88 Å². The molecule has 2 aromatic rings. The second-order valence-corrected chi connectivity index (χ2v) is 11.0. The Kier molecular flexibility index (Phi) is 6.19. The maximum atomic E-state index is 13.5. The second kappa shape index (κ2) is 8.22. The number of aromatic nitrogens is 4. The van der Waals surface area contributed by atoms with Crippen molar-refractivity contribution in [3.05, 3.63) is 17.6 Å². The number of hydrogen-bond acceptors (Lipinski definition) is 6. The molecule has 0 unspecified atom stereocenters. The fourth-order valence-corrected chi connectivity index (χ4v) is 4.52. The number of fused-ring (bicyclic) bond motifs is 1. The van der Waals surface area contributed by atoms with Crippen LogP contribution < -0.4 is 14.8 Å². The molecule has 0 aromatic carbocycles. The molecule has 2 aromatic heterocycles. The van der Waals surface area contributed by atoms with E-state index in [0.717, 1.165) is 6.20 Å². The third-order valence-electron chi connectivity index (χ3n) is 4.97. The summed E-state index contributed by atoms with van der Waals surface area (Å²) in [7, 11) is -4.42. The molecular weight excluding hydrogens is 465 g/mol. The predicted molar refractivity (Wildman–Crippen MR) is 113 cm³/mol. The summed E-state index contributed by atoms with van der Waals surface area (Å²) in [6.07, 6.45) is -3.75. The Hall–Kier alpha value is -2.77. The average Bonchev–Trinajstić information content (AvgIpc) is 3.21. The highest BCUT2D eigenvalue weighted by Crippen LogP contribution is 2.37. The summed E-state index contributed by atoms with van der Waals surface area (Å²) in [5.74, 6) is -1.15. The molecule has 0 aliphatic carbocycles. The molecular formula is C19H27F3N6O4S. The molecule has 0 saturated carbocycles. The van der Waals surface area contributed by atoms with Crippen molar-refractivity contribution in [2.45, 2.75) is 71.1 Å². The molecule has 0 fully saturated rings. The van der Waals surface area contributed by atoms with Gasteiger partial charge in [-0.3, -0.25) is 0 Å². The van der Waals surface area contributed by atoms with Gasteiger partial charge in [0.25, 0.3) is 10.0 Å². The molecule has 184 valence electrons. The van der Waals surface area contributed by atoms with Crippen LogP contribution in [0.1, 0.15) is 64.8 Å². The van der Waals surface area contributed by atoms with Crippen LogP contribution in [0, 0.1) is 5.41 Å². The van der Waals surface area contributed by atoms with Crippen molar-refractivity contribution in [2.75, 3.05) is 11.9 Å². The number of anilines is 1. The number of nitrogens with one attached hydrogen (secondary N) is 2. The lowest BCUT2D eigenvalue weighted by Crippen LogP contribution is -2.36. The fourth-order valence-electron chi connectivity index (χ4n) is 3.54. The standard InChI is InChI=1S/C19H27F3N6O4S/c1-10(2)13-14(15(11(3)4)28(25-13)19(20,21)22)24-17(29)26-33(30,31)12-7-23-27-8-18(5,6)9-32-16(12)27/h7,10-11H,8-9H2,1-6H3,(H2,24,26,29). The summed E-state index contributed by atoms with van der Waals surface area (Å²) in [4.78, 5) is 12.3. The maximum absolute atomic E-state index is 13.5. The van der Waals surface area contributed by atoms with Gasteiger partial charge in [-0.05, 0) is 11.8 Å². The smallest absolute Gasteiger partial charge is 0.476 e. The number of alkyl halides is 3. The third kappa shape index (κ3) is 4.94. The number of carbonyl (C=O) groups excluding carboxylic acids is 1. The van der Waals surface area contributed by atoms with Crippen LogP contribution >= 0.6 is 0 Å². The number of halogens is 3. The SMILES string of the molecule is CC(C)c1nn(C(F)(F)F)c(C(C)C)c1NC(=O)NS(=O)(=O)c1cnn2c1OCC(C)(C)C2. The van der Waals surface area contributed by atoms with Gasteiger partial charge in [0.15, 0.2) is 4.90 Å². The molecule has 0 saturated heterocycles. The number of sulfonamides is 1. The van der Waals surface area contributed by atoms with Crippen LogP contribution in [0.15, 0.2) is 11.1 Å². The number of nitrogens with zero attached hydrogens (tertiary/aromatic N) is 4. The van der Waals surface area contributed by atoms with Crippen LogP contribution in [0.3, 0.4) is 0 Å². The Morgan fingerprint density at radius 1 is 1.21 bits per heavy atom. The van der Waals surface area contributed by atoms with Gasteiger partial charge >= 0.3 is 12.3 Å². The molecule has 2 N–H and O–H groups in total. The lowest BCUT2D eigenvalue weighted by molar-refractivity contribution is -0.214. The van der Waals surface area contributed by atoms with E-state index in [-0.39, 0.29) is 44.6 Å². The predicted octanol–water partition coefficient (Wildman–Crippen LogP) is 3.73. The first-order valence-electron chi connectivity index (χ1n) is 10.3. The Bertz CT molecular complexity index is 1170. The van der Waals surface area contributed by atoms with Gasteiger partial charge < -0.3 is 10.1 Å². The van der Waals surface area contributed by atoms with E-state index in [1.165, 1.54) is 18.5 Å². The van der Waals surface area contributed by atoms with E-state index in [0.29, 0.717) is 6.54 Å². The summed E-state index contributed by atoms with van der Waals surface area (Å²) in [6.45, 7) is 10.8. The minimum Gasteiger partial charge on any atom is -0.476 e. The molecule has 3 heterocycles. The van der Waals surface area contributed by atoms with Crippen molar-refractivity contribution < 1.29 is 31.1 Å². The monoisotopic (exact) mass is 492 g/mol. The van der Waals surface area contributed by atoms with E-state index in [1.807, 2.05) is 18.6 Å². The number of amides is 2. The molecule has 3 rings (SSSR count). The van der Waals surface area contributed by atoms with Crippen LogP contribution in [0.4, 0.5) is 23.7 Å². The van der Waals surface area contributed by atoms with Crippen molar-refractivity contribution in [1.29, 1.82) is 0 Å². The van der Waals surface area contributed by atoms with E-state index < -0.39 is 34.2 Å². The first-order chi connectivity index (χ1) is 15.0. The summed E-state index contributed by atoms with van der Waals surface area (Å²) < 4.78 is 74.9. The van der Waals surface area contributed by atoms with Gasteiger partial charge in [-0.2, -0.15) is 14.9 Å². The first-order valence-corrected chi connectivity index (χ1v) is 11.7. The Labute approximate surface area is 189 Å². The van der Waals surface area contributed by atoms with Crippen molar-refractivity contribution >= 4 is 21.7 Å². The van der Waals surface area contributed by atoms with Gasteiger partial charge in [-0.1, -0.05) is 41.5 Å². The average molecular weight is 493 g/mol. The number of ether oxygens (including phenoxy) is 1. The summed E-state index contributed by atoms with van der Waals surface area (Å²) in [5, 5.41) is 9.92. The Morgan fingerprint density at radius 3 is 2.39 bits per heavy atom. The zero-order valence-corrected chi connectivity index (χ0v) is 19.9. The van der Waals surface area contributed by atoms with E-state index in [1.54, 1.807) is 13.8 Å². The Morgan fingerprint density at radius 2 is 1.85 bits per heavy atom. The van der Waals surface area contributed by atoms with Crippen molar-refractivity contribution in [1.82, 2.24) is 24.3 Å². The minimum atomic E-state index is -4.81. The number of hydrogen-bond donors (Lipinski definition) is 2. The number of carbonyl (C=O) groups is 1. The van der Waals surface area contributed by atoms with Crippen molar-refractivity contribution in [2.24, 2.45) is 5.41 Å². The van der Waals surface area contributed by atoms with Crippen LogP contribution in [0.25, 0.3) is 0 Å². The molecule has 1 aliphatic heterocycles. The van der Waals surface area contributed by atoms with Gasteiger partial charge in [-0.25, -0.2) is 22.6 Å². The highest BCUT2D eigenvalue weighted by Gasteiger charge is 2.39. The van der Waals surface area contributed by atoms with Crippen LogP contribution in [-0.4, -0.2) is 40.6 Å². The van der Waals surface area contributed by atoms with E-state index in [2.05, 4.69) is 15.5 Å². The highest BCUT2D eigenvalue weighted by atomic mass is 32.2. The Balaban J connectivity index is 1.91. The molecule has 10 nitrogen and oxygen atoms in total. The zero-order valence-electron chi connectivity index (χ0n) is 19.1. The first kappa shape index (κ1) is 24.9. The summed E-state index contributed by atoms with van der Waals surface area (Å²) in [6, 6.07) is -1.23. The van der Waals surface area contributed by atoms with Crippen molar-refractivity contribution in [3.63, 3.8) is 0 Å². The van der Waals surface area contributed by atoms with Gasteiger partial charge in [-0.15, -0.1) is 13.2 Å². The van der Waals surface area contributed by atoms with Crippen LogP contribution in [0.2, 0.25) is 0 Å². The normalized spacial score (nSPS) is 16.0. The molecule has 0 spiro atoms. The molecule has 0 radical (unpaired) electrons. The third-order valence-corrected chi connectivity index (χ3v) is 6.29. The maximum Gasteiger partial charge on any atom is 0.504 e. The molecule has 14 heteroatoms. The molecule has 0 atom stereocenters. The molecule has 0 bridgehead atoms. The number of rotatable bonds is 5. The lowest BCUT2D eigenvalue weighted by Gasteiger charge is -2.30. The second-order valence-electron chi connectivity index (χ2n) is 9.32. The van der Waals surface area contributed by atoms with Crippen LogP contribution in [-0.2, 0) is 22.9 Å². The van der Waals surface area contributed by atoms with E-state index >= 15 is 0 Å². The molecule has 2 amide bonds. The summed E-state index contributed by atoms with van der Waals surface area (Å²) in [5.41, 5.74) is -0.742. The topological polar surface area (TPSA) is 120 Å². The van der Waals surface area contributed by atoms with Crippen molar-refractivity contribution in [3.8, 4) is 5.88 Å². The largest absolute Gasteiger partial charge is 0.504 e. The molecule has 33 heavy (non-hydrogen) atoms. The van der Waals surface area contributed by atoms with Gasteiger partial charge in [0, 0.05) is 5.41 Å². The van der Waals surface area contributed by atoms with Gasteiger partial charge in [0.1, 0.15) is 0 Å². The van der Waals surface area contributed by atoms with Crippen LogP contribution in [0.5, 0.6) is 5.88 Å². The fraction of sp³-hybridized carbons (Fsp3) is 0.632. The number of urea groups is 1. The molecule has 1 aliphatic rings. The van der Waals surface area contributed by atoms with E-state index in [4.69, 9.17) is 4.74 Å². The highest BCUT2D eigenvalue weighted by molar-refractivity contribution is 7.90.